The second kappa shape index (κ2) is 5.18. The Balaban J connectivity index is 1.54. The van der Waals surface area contributed by atoms with Gasteiger partial charge in [-0.3, -0.25) is 4.68 Å². The lowest BCUT2D eigenvalue weighted by molar-refractivity contribution is 0.161. The third-order valence-corrected chi connectivity index (χ3v) is 6.03. The second-order valence-electron chi connectivity index (χ2n) is 7.31. The lowest BCUT2D eigenvalue weighted by Gasteiger charge is -2.29. The van der Waals surface area contributed by atoms with E-state index in [4.69, 9.17) is 9.84 Å². The van der Waals surface area contributed by atoms with Crippen LogP contribution in [0.4, 0.5) is 0 Å². The van der Waals surface area contributed by atoms with Gasteiger partial charge in [-0.25, -0.2) is 0 Å². The fourth-order valence-corrected chi connectivity index (χ4v) is 4.74. The van der Waals surface area contributed by atoms with Gasteiger partial charge in [0.25, 0.3) is 0 Å². The minimum atomic E-state index is 0.576. The number of rotatable bonds is 2. The van der Waals surface area contributed by atoms with Gasteiger partial charge in [0.15, 0.2) is 0 Å². The minimum Gasteiger partial charge on any atom is -0.377 e. The summed E-state index contributed by atoms with van der Waals surface area (Å²) < 4.78 is 7.76. The highest BCUT2D eigenvalue weighted by Crippen LogP contribution is 2.44. The van der Waals surface area contributed by atoms with Gasteiger partial charge in [-0.15, -0.1) is 0 Å². The van der Waals surface area contributed by atoms with Crippen LogP contribution in [0.15, 0.2) is 30.5 Å². The van der Waals surface area contributed by atoms with Gasteiger partial charge in [0, 0.05) is 18.0 Å². The van der Waals surface area contributed by atoms with E-state index in [1.165, 1.54) is 41.4 Å². The Morgan fingerprint density at radius 1 is 1.26 bits per heavy atom. The Morgan fingerprint density at radius 3 is 2.96 bits per heavy atom. The van der Waals surface area contributed by atoms with Crippen molar-refractivity contribution in [3.05, 3.63) is 36.0 Å². The van der Waals surface area contributed by atoms with Gasteiger partial charge in [-0.1, -0.05) is 18.2 Å². The number of piperidine rings is 1. The molecule has 23 heavy (non-hydrogen) atoms. The smallest absolute Gasteiger partial charge is 0.0691 e. The third kappa shape index (κ3) is 2.16. The molecule has 3 atom stereocenters. The van der Waals surface area contributed by atoms with Crippen LogP contribution in [0.1, 0.15) is 30.9 Å². The molecule has 0 spiro atoms. The average molecular weight is 309 g/mol. The SMILES string of the molecule is CN1CC2CC1CC2n1ncc2ccc(C3=CCOCC3)cc21. The molecule has 1 aliphatic carbocycles. The van der Waals surface area contributed by atoms with Gasteiger partial charge in [-0.2, -0.15) is 5.10 Å². The van der Waals surface area contributed by atoms with E-state index in [1.54, 1.807) is 0 Å². The molecule has 4 heteroatoms. The van der Waals surface area contributed by atoms with E-state index in [-0.39, 0.29) is 0 Å². The molecule has 2 aliphatic heterocycles. The zero-order valence-electron chi connectivity index (χ0n) is 13.6. The number of hydrogen-bond donors (Lipinski definition) is 0. The van der Waals surface area contributed by atoms with Crippen LogP contribution in [-0.4, -0.2) is 47.5 Å². The van der Waals surface area contributed by atoms with Gasteiger partial charge < -0.3 is 9.64 Å². The highest BCUT2D eigenvalue weighted by Gasteiger charge is 2.44. The maximum Gasteiger partial charge on any atom is 0.0691 e. The van der Waals surface area contributed by atoms with Gasteiger partial charge >= 0.3 is 0 Å². The van der Waals surface area contributed by atoms with E-state index in [9.17, 15) is 0 Å². The zero-order chi connectivity index (χ0) is 15.4. The molecule has 1 saturated carbocycles. The fourth-order valence-electron chi connectivity index (χ4n) is 4.74. The molecule has 1 aromatic heterocycles. The van der Waals surface area contributed by atoms with Gasteiger partial charge in [0.1, 0.15) is 0 Å². The number of fused-ring (bicyclic) bond motifs is 3. The highest BCUT2D eigenvalue weighted by molar-refractivity contribution is 5.83. The lowest BCUT2D eigenvalue weighted by atomic mass is 9.99. The quantitative estimate of drug-likeness (QED) is 0.854. The Labute approximate surface area is 136 Å². The predicted octanol–water partition coefficient (Wildman–Crippen LogP) is 3.11. The van der Waals surface area contributed by atoms with Crippen LogP contribution in [0.25, 0.3) is 16.5 Å². The summed E-state index contributed by atoms with van der Waals surface area (Å²) in [5.74, 6) is 0.763. The van der Waals surface area contributed by atoms with Crippen molar-refractivity contribution in [2.75, 3.05) is 26.8 Å². The molecule has 3 unspecified atom stereocenters. The van der Waals surface area contributed by atoms with Crippen molar-refractivity contribution in [1.29, 1.82) is 0 Å². The number of hydrogen-bond acceptors (Lipinski definition) is 3. The molecule has 4 nitrogen and oxygen atoms in total. The average Bonchev–Trinajstić information content (AvgIpc) is 3.27. The number of likely N-dealkylation sites (tertiary alicyclic amines) is 1. The molecule has 3 heterocycles. The van der Waals surface area contributed by atoms with Crippen LogP contribution >= 0.6 is 0 Å². The number of nitrogens with zero attached hydrogens (tertiary/aromatic N) is 3. The molecule has 1 saturated heterocycles. The summed E-state index contributed by atoms with van der Waals surface area (Å²) in [5.41, 5.74) is 4.05. The van der Waals surface area contributed by atoms with Crippen molar-refractivity contribution in [3.63, 3.8) is 0 Å². The van der Waals surface area contributed by atoms with Crippen LogP contribution in [0.2, 0.25) is 0 Å². The molecule has 2 bridgehead atoms. The maximum absolute atomic E-state index is 5.44. The van der Waals surface area contributed by atoms with E-state index in [2.05, 4.69) is 40.9 Å². The van der Waals surface area contributed by atoms with E-state index >= 15 is 0 Å². The van der Waals surface area contributed by atoms with Crippen molar-refractivity contribution >= 4 is 16.5 Å². The summed E-state index contributed by atoms with van der Waals surface area (Å²) >= 11 is 0. The van der Waals surface area contributed by atoms with E-state index < -0.39 is 0 Å². The summed E-state index contributed by atoms with van der Waals surface area (Å²) in [6.45, 7) is 2.80. The maximum atomic E-state index is 5.44. The summed E-state index contributed by atoms with van der Waals surface area (Å²) in [5, 5.41) is 6.02. The molecular formula is C19H23N3O. The Bertz CT molecular complexity index is 776. The van der Waals surface area contributed by atoms with Crippen molar-refractivity contribution in [3.8, 4) is 0 Å². The topological polar surface area (TPSA) is 30.3 Å². The van der Waals surface area contributed by atoms with Crippen LogP contribution in [0.5, 0.6) is 0 Å². The molecule has 0 N–H and O–H groups in total. The van der Waals surface area contributed by atoms with Crippen molar-refractivity contribution in [1.82, 2.24) is 14.7 Å². The summed E-state index contributed by atoms with van der Waals surface area (Å²) in [4.78, 5) is 2.52. The Morgan fingerprint density at radius 2 is 2.22 bits per heavy atom. The Hall–Kier alpha value is -1.65. The predicted molar refractivity (Wildman–Crippen MR) is 91.3 cm³/mol. The molecule has 5 rings (SSSR count). The monoisotopic (exact) mass is 309 g/mol. The minimum absolute atomic E-state index is 0.576. The Kier molecular flexibility index (Phi) is 3.10. The van der Waals surface area contributed by atoms with Gasteiger partial charge in [0.2, 0.25) is 0 Å². The van der Waals surface area contributed by atoms with Crippen molar-refractivity contribution in [2.24, 2.45) is 5.92 Å². The molecular weight excluding hydrogens is 286 g/mol. The largest absolute Gasteiger partial charge is 0.377 e. The molecule has 1 aromatic carbocycles. The lowest BCUT2D eigenvalue weighted by Crippen LogP contribution is -2.33. The van der Waals surface area contributed by atoms with Crippen LogP contribution in [0.3, 0.4) is 0 Å². The fraction of sp³-hybridized carbons (Fsp3) is 0.526. The van der Waals surface area contributed by atoms with E-state index in [0.29, 0.717) is 6.04 Å². The first kappa shape index (κ1) is 13.8. The molecule has 0 radical (unpaired) electrons. The number of aromatic nitrogens is 2. The number of benzene rings is 1. The summed E-state index contributed by atoms with van der Waals surface area (Å²) in [6, 6.07) is 8.14. The normalized spacial score (nSPS) is 31.0. The molecule has 120 valence electrons. The van der Waals surface area contributed by atoms with Crippen LogP contribution in [-0.2, 0) is 4.74 Å². The molecule has 0 amide bonds. The first-order valence-electron chi connectivity index (χ1n) is 8.74. The van der Waals surface area contributed by atoms with E-state index in [0.717, 1.165) is 31.6 Å². The molecule has 2 fully saturated rings. The van der Waals surface area contributed by atoms with Crippen LogP contribution < -0.4 is 0 Å². The van der Waals surface area contributed by atoms with Crippen LogP contribution in [0, 0.1) is 5.92 Å². The van der Waals surface area contributed by atoms with Crippen molar-refractivity contribution < 1.29 is 4.74 Å². The van der Waals surface area contributed by atoms with Gasteiger partial charge in [-0.05, 0) is 49.4 Å². The third-order valence-electron chi connectivity index (χ3n) is 6.03. The second-order valence-corrected chi connectivity index (χ2v) is 7.31. The first-order chi connectivity index (χ1) is 11.3. The first-order valence-corrected chi connectivity index (χ1v) is 8.74. The standard InChI is InChI=1S/C19H23N3O/c1-21-12-16-8-17(21)10-19(16)22-18-9-14(2-3-15(18)11-20-22)13-4-6-23-7-5-13/h2-4,9,11,16-17,19H,5-8,10,12H2,1H3. The van der Waals surface area contributed by atoms with E-state index in [1.807, 2.05) is 6.20 Å². The summed E-state index contributed by atoms with van der Waals surface area (Å²) in [6.07, 6.45) is 7.85. The molecule has 3 aliphatic rings. The van der Waals surface area contributed by atoms with Gasteiger partial charge in [0.05, 0.1) is 31.0 Å². The zero-order valence-corrected chi connectivity index (χ0v) is 13.6. The van der Waals surface area contributed by atoms with Crippen molar-refractivity contribution in [2.45, 2.75) is 31.3 Å². The summed E-state index contributed by atoms with van der Waals surface area (Å²) in [7, 11) is 2.26. The highest BCUT2D eigenvalue weighted by atomic mass is 16.5. The molecule has 2 aromatic rings. The number of ether oxygens (including phenoxy) is 1.